The number of carbonyl (C=O) groups is 2. The fourth-order valence-corrected chi connectivity index (χ4v) is 5.11. The normalized spacial score (nSPS) is 12.3. The fraction of sp³-hybridized carbons (Fsp3) is 0.250. The van der Waals surface area contributed by atoms with E-state index >= 15 is 0 Å². The van der Waals surface area contributed by atoms with E-state index in [0.29, 0.717) is 46.8 Å². The first kappa shape index (κ1) is 38.7. The van der Waals surface area contributed by atoms with Gasteiger partial charge in [0.15, 0.2) is 40.6 Å². The van der Waals surface area contributed by atoms with Crippen LogP contribution in [0.2, 0.25) is 0 Å². The lowest BCUT2D eigenvalue weighted by Gasteiger charge is -2.28. The minimum atomic E-state index is -0.875. The van der Waals surface area contributed by atoms with Gasteiger partial charge in [0.05, 0.1) is 27.9 Å². The molecule has 0 aliphatic rings. The summed E-state index contributed by atoms with van der Waals surface area (Å²) in [6.07, 6.45) is 5.18. The third-order valence-corrected chi connectivity index (χ3v) is 7.79. The van der Waals surface area contributed by atoms with Crippen molar-refractivity contribution in [1.29, 1.82) is 0 Å². The third-order valence-electron chi connectivity index (χ3n) is 7.79. The largest absolute Gasteiger partial charge is 0.508 e. The first-order valence-corrected chi connectivity index (χ1v) is 16.2. The van der Waals surface area contributed by atoms with E-state index < -0.39 is 24.1 Å². The Morgan fingerprint density at radius 1 is 0.654 bits per heavy atom. The Labute approximate surface area is 302 Å². The van der Waals surface area contributed by atoms with Crippen molar-refractivity contribution in [2.24, 2.45) is 0 Å². The predicted molar refractivity (Wildman–Crippen MR) is 193 cm³/mol. The molecule has 0 spiro atoms. The van der Waals surface area contributed by atoms with Gasteiger partial charge in [-0.25, -0.2) is 9.59 Å². The summed E-state index contributed by atoms with van der Waals surface area (Å²) in [7, 11) is 5.87. The molecule has 274 valence electrons. The average Bonchev–Trinajstić information content (AvgIpc) is 3.16. The Balaban J connectivity index is 1.42. The number of phenols is 3. The summed E-state index contributed by atoms with van der Waals surface area (Å²) >= 11 is 0. The van der Waals surface area contributed by atoms with E-state index in [1.54, 1.807) is 54.6 Å². The molecule has 0 aliphatic carbocycles. The van der Waals surface area contributed by atoms with Gasteiger partial charge in [-0.2, -0.15) is 0 Å². The molecule has 12 heteroatoms. The number of ether oxygens (including phenoxy) is 7. The quantitative estimate of drug-likeness (QED) is 0.0592. The van der Waals surface area contributed by atoms with E-state index in [4.69, 9.17) is 33.2 Å². The van der Waals surface area contributed by atoms with Gasteiger partial charge >= 0.3 is 11.9 Å². The Kier molecular flexibility index (Phi) is 14.4. The van der Waals surface area contributed by atoms with Crippen LogP contribution in [0.5, 0.6) is 40.2 Å². The van der Waals surface area contributed by atoms with Crippen LogP contribution in [0.3, 0.4) is 0 Å². The zero-order chi connectivity index (χ0) is 37.5. The number of aryl methyl sites for hydroxylation is 1. The summed E-state index contributed by atoms with van der Waals surface area (Å²) < 4.78 is 39.2. The summed E-state index contributed by atoms with van der Waals surface area (Å²) in [6, 6.07) is 21.2. The van der Waals surface area contributed by atoms with Crippen molar-refractivity contribution in [1.82, 2.24) is 0 Å². The summed E-state index contributed by atoms with van der Waals surface area (Å²) in [6.45, 7) is -0.0334. The van der Waals surface area contributed by atoms with Crippen molar-refractivity contribution >= 4 is 24.1 Å². The van der Waals surface area contributed by atoms with Crippen LogP contribution in [0.1, 0.15) is 34.8 Å². The van der Waals surface area contributed by atoms with E-state index in [1.165, 1.54) is 64.9 Å². The molecule has 4 aromatic carbocycles. The second-order valence-electron chi connectivity index (χ2n) is 11.3. The number of esters is 2. The Hall–Kier alpha value is -6.14. The number of hydrogen-bond acceptors (Lipinski definition) is 12. The molecule has 0 bridgehead atoms. The zero-order valence-electron chi connectivity index (χ0n) is 29.3. The topological polar surface area (TPSA) is 159 Å². The van der Waals surface area contributed by atoms with Crippen LogP contribution in [0.25, 0.3) is 12.2 Å². The lowest BCUT2D eigenvalue weighted by atomic mass is 10.0. The predicted octanol–water partition coefficient (Wildman–Crippen LogP) is 6.41. The highest BCUT2D eigenvalue weighted by Crippen LogP contribution is 2.36. The molecule has 2 atom stereocenters. The van der Waals surface area contributed by atoms with E-state index in [2.05, 4.69) is 0 Å². The maximum absolute atomic E-state index is 12.7. The number of benzene rings is 4. The van der Waals surface area contributed by atoms with E-state index in [-0.39, 0.29) is 36.2 Å². The van der Waals surface area contributed by atoms with Crippen LogP contribution in [0.4, 0.5) is 0 Å². The minimum absolute atomic E-state index is 0.00463. The van der Waals surface area contributed by atoms with Crippen molar-refractivity contribution in [3.05, 3.63) is 113 Å². The summed E-state index contributed by atoms with van der Waals surface area (Å²) in [5.74, 6) is 0.244. The van der Waals surface area contributed by atoms with E-state index in [1.807, 2.05) is 12.1 Å². The van der Waals surface area contributed by atoms with Gasteiger partial charge in [-0.15, -0.1) is 0 Å². The summed E-state index contributed by atoms with van der Waals surface area (Å²) in [5, 5.41) is 29.4. The second-order valence-corrected chi connectivity index (χ2v) is 11.3. The van der Waals surface area contributed by atoms with Crippen molar-refractivity contribution in [3.63, 3.8) is 0 Å². The molecule has 4 rings (SSSR count). The van der Waals surface area contributed by atoms with Gasteiger partial charge in [0.2, 0.25) is 0 Å². The molecule has 0 amide bonds. The maximum Gasteiger partial charge on any atom is 0.330 e. The standard InChI is InChI=1S/C40H42O12/c1-46-34-22-28(9-16-31(34)42)12-20-38(44)50-21-5-6-27-10-18-33(36(23-27)48-3)52-37(40(49-4)29-13-17-32(43)35(24-29)47-2)25-51-39(45)19-11-26-7-14-30(41)15-8-26/h7-20,22-24,37,40-43H,5-6,21,25H2,1-4H3/b19-11+,20-12+/t37-,40+/m0/s1. The first-order valence-electron chi connectivity index (χ1n) is 16.2. The molecular formula is C40H42O12. The Morgan fingerprint density at radius 3 is 1.94 bits per heavy atom. The molecule has 0 unspecified atom stereocenters. The Bertz CT molecular complexity index is 1850. The summed E-state index contributed by atoms with van der Waals surface area (Å²) in [4.78, 5) is 25.0. The number of hydrogen-bond donors (Lipinski definition) is 3. The van der Waals surface area contributed by atoms with Gasteiger partial charge in [0.25, 0.3) is 0 Å². The highest BCUT2D eigenvalue weighted by atomic mass is 16.6. The van der Waals surface area contributed by atoms with E-state index in [0.717, 1.165) is 5.56 Å². The van der Waals surface area contributed by atoms with Crippen LogP contribution in [0, 0.1) is 0 Å². The SMILES string of the molecule is COc1cc(/C=C/C(=O)OCCCc2ccc(O[C@@H](COC(=O)/C=C/c3ccc(O)cc3)[C@H](OC)c3ccc(O)c(OC)c3)c(OC)c2)ccc1O. The van der Waals surface area contributed by atoms with Crippen molar-refractivity contribution in [3.8, 4) is 40.2 Å². The maximum atomic E-state index is 12.7. The number of aromatic hydroxyl groups is 3. The average molecular weight is 715 g/mol. The lowest BCUT2D eigenvalue weighted by molar-refractivity contribution is -0.143. The molecular weight excluding hydrogens is 672 g/mol. The van der Waals surface area contributed by atoms with Gasteiger partial charge in [-0.05, 0) is 95.8 Å². The van der Waals surface area contributed by atoms with Crippen LogP contribution in [0.15, 0.2) is 91.0 Å². The van der Waals surface area contributed by atoms with Gasteiger partial charge in [-0.1, -0.05) is 30.3 Å². The lowest BCUT2D eigenvalue weighted by Crippen LogP contribution is -2.32. The first-order chi connectivity index (χ1) is 25.1. The van der Waals surface area contributed by atoms with Crippen LogP contribution in [-0.2, 0) is 30.2 Å². The van der Waals surface area contributed by atoms with Gasteiger partial charge in [0, 0.05) is 19.3 Å². The molecule has 52 heavy (non-hydrogen) atoms. The van der Waals surface area contributed by atoms with Crippen molar-refractivity contribution < 1.29 is 58.1 Å². The van der Waals surface area contributed by atoms with Gasteiger partial charge < -0.3 is 48.5 Å². The number of methoxy groups -OCH3 is 4. The van der Waals surface area contributed by atoms with Crippen molar-refractivity contribution in [2.75, 3.05) is 41.7 Å². The Morgan fingerprint density at radius 2 is 1.27 bits per heavy atom. The molecule has 0 aliphatic heterocycles. The number of phenolic OH excluding ortho intramolecular Hbond substituents is 3. The molecule has 0 heterocycles. The molecule has 0 fully saturated rings. The van der Waals surface area contributed by atoms with Crippen LogP contribution < -0.4 is 18.9 Å². The number of carbonyl (C=O) groups excluding carboxylic acids is 2. The molecule has 0 saturated heterocycles. The minimum Gasteiger partial charge on any atom is -0.508 e. The second kappa shape index (κ2) is 19.3. The molecule has 4 aromatic rings. The van der Waals surface area contributed by atoms with Crippen LogP contribution >= 0.6 is 0 Å². The van der Waals surface area contributed by atoms with E-state index in [9.17, 15) is 24.9 Å². The monoisotopic (exact) mass is 714 g/mol. The number of rotatable bonds is 18. The third kappa shape index (κ3) is 11.2. The highest BCUT2D eigenvalue weighted by molar-refractivity contribution is 5.87. The molecule has 0 radical (unpaired) electrons. The molecule has 12 nitrogen and oxygen atoms in total. The molecule has 0 aromatic heterocycles. The summed E-state index contributed by atoms with van der Waals surface area (Å²) in [5.41, 5.74) is 2.87. The van der Waals surface area contributed by atoms with Gasteiger partial charge in [-0.3, -0.25) is 0 Å². The van der Waals surface area contributed by atoms with Crippen LogP contribution in [-0.4, -0.2) is 75.0 Å². The zero-order valence-corrected chi connectivity index (χ0v) is 29.3. The van der Waals surface area contributed by atoms with Crippen molar-refractivity contribution in [2.45, 2.75) is 25.0 Å². The van der Waals surface area contributed by atoms with Gasteiger partial charge in [0.1, 0.15) is 18.5 Å². The smallest absolute Gasteiger partial charge is 0.330 e. The molecule has 0 saturated carbocycles. The fourth-order valence-electron chi connectivity index (χ4n) is 5.11. The highest BCUT2D eigenvalue weighted by Gasteiger charge is 2.29. The molecule has 3 N–H and O–H groups in total.